The van der Waals surface area contributed by atoms with Crippen LogP contribution in [0.3, 0.4) is 0 Å². The van der Waals surface area contributed by atoms with Gasteiger partial charge in [0.15, 0.2) is 0 Å². The van der Waals surface area contributed by atoms with Gasteiger partial charge in [-0.05, 0) is 38.5 Å². The lowest BCUT2D eigenvalue weighted by Gasteiger charge is -1.91. The summed E-state index contributed by atoms with van der Waals surface area (Å²) in [6.07, 6.45) is 25.5. The molecular weight excluding hydrogens is 168 g/mol. The SMILES string of the molecule is [CH]1/C=C/CC/C=C\C=C\C/C=C/CC1. The van der Waals surface area contributed by atoms with Gasteiger partial charge in [-0.1, -0.05) is 48.6 Å². The molecule has 0 aromatic heterocycles. The molecular formula is C14H19. The van der Waals surface area contributed by atoms with Gasteiger partial charge in [0.25, 0.3) is 0 Å². The molecule has 0 bridgehead atoms. The fraction of sp³-hybridized carbons (Fsp3) is 0.357. The van der Waals surface area contributed by atoms with Gasteiger partial charge >= 0.3 is 0 Å². The summed E-state index contributed by atoms with van der Waals surface area (Å²) in [4.78, 5) is 0. The predicted molar refractivity (Wildman–Crippen MR) is 63.9 cm³/mol. The third-order valence-electron chi connectivity index (χ3n) is 2.09. The average Bonchev–Trinajstić information content (AvgIpc) is 2.22. The van der Waals surface area contributed by atoms with Crippen LogP contribution in [0.4, 0.5) is 0 Å². The maximum absolute atomic E-state index is 2.25. The molecule has 0 atom stereocenters. The van der Waals surface area contributed by atoms with Gasteiger partial charge in [0.05, 0.1) is 0 Å². The highest BCUT2D eigenvalue weighted by atomic mass is 13.9. The first kappa shape index (κ1) is 11.0. The fourth-order valence-electron chi connectivity index (χ4n) is 1.30. The van der Waals surface area contributed by atoms with E-state index in [1.54, 1.807) is 0 Å². The molecule has 0 aromatic carbocycles. The lowest BCUT2D eigenvalue weighted by Crippen LogP contribution is -1.72. The summed E-state index contributed by atoms with van der Waals surface area (Å²) >= 11 is 0. The first-order valence-electron chi connectivity index (χ1n) is 5.45. The van der Waals surface area contributed by atoms with Crippen molar-refractivity contribution in [3.63, 3.8) is 0 Å². The molecule has 0 heteroatoms. The minimum atomic E-state index is 1.06. The zero-order valence-electron chi connectivity index (χ0n) is 8.73. The number of allylic oxidation sites excluding steroid dienone is 8. The van der Waals surface area contributed by atoms with E-state index < -0.39 is 0 Å². The van der Waals surface area contributed by atoms with E-state index in [-0.39, 0.29) is 0 Å². The molecule has 0 nitrogen and oxygen atoms in total. The summed E-state index contributed by atoms with van der Waals surface area (Å²) in [5, 5.41) is 0. The highest BCUT2D eigenvalue weighted by Crippen LogP contribution is 2.01. The van der Waals surface area contributed by atoms with Crippen molar-refractivity contribution in [1.29, 1.82) is 0 Å². The van der Waals surface area contributed by atoms with Crippen LogP contribution in [-0.2, 0) is 0 Å². The van der Waals surface area contributed by atoms with E-state index in [9.17, 15) is 0 Å². The lowest BCUT2D eigenvalue weighted by atomic mass is 10.2. The topological polar surface area (TPSA) is 0 Å². The van der Waals surface area contributed by atoms with Crippen molar-refractivity contribution in [2.45, 2.75) is 32.1 Å². The van der Waals surface area contributed by atoms with E-state index in [0.29, 0.717) is 0 Å². The van der Waals surface area contributed by atoms with Crippen molar-refractivity contribution in [2.24, 2.45) is 0 Å². The molecule has 0 aromatic rings. The second-order valence-corrected chi connectivity index (χ2v) is 3.38. The van der Waals surface area contributed by atoms with Gasteiger partial charge in [-0.2, -0.15) is 0 Å². The van der Waals surface area contributed by atoms with Crippen molar-refractivity contribution in [3.8, 4) is 0 Å². The maximum Gasteiger partial charge on any atom is -0.0166 e. The molecule has 0 unspecified atom stereocenters. The van der Waals surface area contributed by atoms with Gasteiger partial charge in [0.2, 0.25) is 0 Å². The molecule has 1 rings (SSSR count). The zero-order valence-corrected chi connectivity index (χ0v) is 8.73. The molecule has 1 radical (unpaired) electrons. The van der Waals surface area contributed by atoms with E-state index in [2.05, 4.69) is 55.0 Å². The Morgan fingerprint density at radius 2 is 1.21 bits per heavy atom. The summed E-state index contributed by atoms with van der Waals surface area (Å²) in [6.45, 7) is 0. The molecule has 0 heterocycles. The molecule has 0 saturated heterocycles. The van der Waals surface area contributed by atoms with Crippen LogP contribution >= 0.6 is 0 Å². The first-order valence-corrected chi connectivity index (χ1v) is 5.45. The second kappa shape index (κ2) is 8.55. The van der Waals surface area contributed by atoms with Gasteiger partial charge in [-0.25, -0.2) is 0 Å². The summed E-state index contributed by atoms with van der Waals surface area (Å²) < 4.78 is 0. The van der Waals surface area contributed by atoms with E-state index in [1.807, 2.05) is 0 Å². The minimum absolute atomic E-state index is 1.06. The Morgan fingerprint density at radius 1 is 0.500 bits per heavy atom. The van der Waals surface area contributed by atoms with Crippen molar-refractivity contribution < 1.29 is 0 Å². The second-order valence-electron chi connectivity index (χ2n) is 3.38. The third kappa shape index (κ3) is 6.47. The Hall–Kier alpha value is -1.04. The molecule has 75 valence electrons. The highest BCUT2D eigenvalue weighted by molar-refractivity contribution is 5.06. The first-order chi connectivity index (χ1) is 7.00. The number of rotatable bonds is 0. The summed E-state index contributed by atoms with van der Waals surface area (Å²) in [7, 11) is 0. The van der Waals surface area contributed by atoms with Crippen LogP contribution in [0.15, 0.2) is 48.6 Å². The Kier molecular flexibility index (Phi) is 6.74. The molecule has 0 spiro atoms. The van der Waals surface area contributed by atoms with Crippen molar-refractivity contribution in [2.75, 3.05) is 0 Å². The van der Waals surface area contributed by atoms with Crippen molar-refractivity contribution in [3.05, 3.63) is 55.0 Å². The normalized spacial score (nSPS) is 28.6. The van der Waals surface area contributed by atoms with Gasteiger partial charge in [0, 0.05) is 0 Å². The van der Waals surface area contributed by atoms with E-state index in [0.717, 1.165) is 32.1 Å². The standard InChI is InChI=1S/C14H19/c1-2-4-6-8-10-12-14-13-11-9-7-5-3-1/h1-4,7,9-10,12,14H,5-6,8,11,13H2/b3-1+,4-2-,9-7+,12-10+. The Labute approximate surface area is 87.7 Å². The van der Waals surface area contributed by atoms with Crippen molar-refractivity contribution >= 4 is 0 Å². The highest BCUT2D eigenvalue weighted by Gasteiger charge is 1.82. The molecule has 0 amide bonds. The molecule has 0 fully saturated rings. The summed E-state index contributed by atoms with van der Waals surface area (Å²) in [5.41, 5.74) is 0. The zero-order chi connectivity index (χ0) is 9.90. The van der Waals surface area contributed by atoms with Gasteiger partial charge in [0.1, 0.15) is 0 Å². The monoisotopic (exact) mass is 187 g/mol. The van der Waals surface area contributed by atoms with Crippen LogP contribution in [0.1, 0.15) is 32.1 Å². The van der Waals surface area contributed by atoms with Crippen LogP contribution in [0.25, 0.3) is 0 Å². The summed E-state index contributed by atoms with van der Waals surface area (Å²) in [5.74, 6) is 0. The fourth-order valence-corrected chi connectivity index (χ4v) is 1.30. The smallest absolute Gasteiger partial charge is 0.0166 e. The lowest BCUT2D eigenvalue weighted by molar-refractivity contribution is 0.987. The van der Waals surface area contributed by atoms with Crippen LogP contribution in [0.5, 0.6) is 0 Å². The Bertz CT molecular complexity index is 228. The van der Waals surface area contributed by atoms with Gasteiger partial charge in [-0.3, -0.25) is 0 Å². The molecule has 0 aliphatic heterocycles. The van der Waals surface area contributed by atoms with E-state index in [4.69, 9.17) is 0 Å². The van der Waals surface area contributed by atoms with Crippen LogP contribution in [0, 0.1) is 6.42 Å². The Morgan fingerprint density at radius 3 is 2.14 bits per heavy atom. The van der Waals surface area contributed by atoms with Crippen LogP contribution in [0.2, 0.25) is 0 Å². The molecule has 1 aliphatic carbocycles. The molecule has 0 saturated carbocycles. The van der Waals surface area contributed by atoms with E-state index >= 15 is 0 Å². The minimum Gasteiger partial charge on any atom is -0.0882 e. The maximum atomic E-state index is 2.25. The third-order valence-corrected chi connectivity index (χ3v) is 2.09. The number of hydrogen-bond acceptors (Lipinski definition) is 0. The van der Waals surface area contributed by atoms with Gasteiger partial charge < -0.3 is 0 Å². The summed E-state index contributed by atoms with van der Waals surface area (Å²) in [6, 6.07) is 0. The van der Waals surface area contributed by atoms with Crippen LogP contribution < -0.4 is 0 Å². The Balaban J connectivity index is 2.35. The van der Waals surface area contributed by atoms with Gasteiger partial charge in [-0.15, -0.1) is 0 Å². The predicted octanol–water partition coefficient (Wildman–Crippen LogP) is 4.38. The average molecular weight is 187 g/mol. The largest absolute Gasteiger partial charge is 0.0882 e. The molecule has 1 aliphatic rings. The molecule has 14 heavy (non-hydrogen) atoms. The van der Waals surface area contributed by atoms with E-state index in [1.165, 1.54) is 0 Å². The molecule has 0 N–H and O–H groups in total. The van der Waals surface area contributed by atoms with Crippen LogP contribution in [-0.4, -0.2) is 0 Å². The quantitative estimate of drug-likeness (QED) is 0.494. The number of hydrogen-bond donors (Lipinski definition) is 0. The van der Waals surface area contributed by atoms with Crippen molar-refractivity contribution in [1.82, 2.24) is 0 Å².